The van der Waals surface area contributed by atoms with Crippen molar-refractivity contribution in [2.45, 2.75) is 44.8 Å². The fourth-order valence-corrected chi connectivity index (χ4v) is 3.47. The lowest BCUT2D eigenvalue weighted by molar-refractivity contribution is 0.0548. The molecule has 2 aliphatic rings. The zero-order chi connectivity index (χ0) is 13.8. The van der Waals surface area contributed by atoms with Gasteiger partial charge in [0.1, 0.15) is 5.01 Å². The predicted octanol–water partition coefficient (Wildman–Crippen LogP) is 2.25. The summed E-state index contributed by atoms with van der Waals surface area (Å²) in [6.07, 6.45) is 5.09. The van der Waals surface area contributed by atoms with E-state index in [2.05, 4.69) is 22.6 Å². The van der Waals surface area contributed by atoms with Crippen molar-refractivity contribution in [2.24, 2.45) is 5.92 Å². The van der Waals surface area contributed by atoms with Crippen molar-refractivity contribution in [1.82, 2.24) is 15.2 Å². The normalized spacial score (nSPS) is 20.7. The van der Waals surface area contributed by atoms with Crippen molar-refractivity contribution in [1.29, 1.82) is 0 Å². The van der Waals surface area contributed by atoms with Gasteiger partial charge in [0, 0.05) is 44.3 Å². The van der Waals surface area contributed by atoms with Gasteiger partial charge in [-0.3, -0.25) is 0 Å². The van der Waals surface area contributed by atoms with Crippen LogP contribution in [0.1, 0.15) is 36.4 Å². The standard InChI is InChI=1S/C15H25N3OS/c1-18(9-12-4-6-19-7-5-12)10-14-11-20-15(17-14)8-16-13-2-3-13/h11-13,16H,2-10H2,1H3. The Bertz CT molecular complexity index is 413. The van der Waals surface area contributed by atoms with Gasteiger partial charge in [0.2, 0.25) is 0 Å². The smallest absolute Gasteiger partial charge is 0.107 e. The van der Waals surface area contributed by atoms with Gasteiger partial charge in [-0.2, -0.15) is 0 Å². The summed E-state index contributed by atoms with van der Waals surface area (Å²) < 4.78 is 5.42. The Morgan fingerprint density at radius 2 is 2.15 bits per heavy atom. The third-order valence-electron chi connectivity index (χ3n) is 4.06. The van der Waals surface area contributed by atoms with E-state index in [1.54, 1.807) is 11.3 Å². The minimum absolute atomic E-state index is 0.763. The Labute approximate surface area is 125 Å². The molecule has 5 heteroatoms. The summed E-state index contributed by atoms with van der Waals surface area (Å²) in [7, 11) is 2.21. The molecule has 1 aliphatic carbocycles. The Balaban J connectivity index is 1.41. The average molecular weight is 295 g/mol. The van der Waals surface area contributed by atoms with Crippen molar-refractivity contribution in [3.05, 3.63) is 16.1 Å². The molecular formula is C15H25N3OS. The van der Waals surface area contributed by atoms with E-state index in [1.807, 2.05) is 0 Å². The third kappa shape index (κ3) is 4.52. The van der Waals surface area contributed by atoms with Crippen LogP contribution in [-0.4, -0.2) is 42.7 Å². The monoisotopic (exact) mass is 295 g/mol. The highest BCUT2D eigenvalue weighted by atomic mass is 32.1. The van der Waals surface area contributed by atoms with E-state index >= 15 is 0 Å². The van der Waals surface area contributed by atoms with Gasteiger partial charge in [-0.25, -0.2) is 4.98 Å². The van der Waals surface area contributed by atoms with E-state index in [-0.39, 0.29) is 0 Å². The lowest BCUT2D eigenvalue weighted by Gasteiger charge is -2.26. The first kappa shape index (κ1) is 14.4. The van der Waals surface area contributed by atoms with E-state index in [0.29, 0.717) is 0 Å². The molecule has 4 nitrogen and oxygen atoms in total. The Kier molecular flexibility index (Phi) is 5.04. The molecule has 0 spiro atoms. The Morgan fingerprint density at radius 3 is 2.90 bits per heavy atom. The van der Waals surface area contributed by atoms with Crippen LogP contribution in [-0.2, 0) is 17.8 Å². The van der Waals surface area contributed by atoms with Crippen LogP contribution >= 0.6 is 11.3 Å². The molecule has 0 unspecified atom stereocenters. The van der Waals surface area contributed by atoms with Crippen LogP contribution in [0.3, 0.4) is 0 Å². The lowest BCUT2D eigenvalue weighted by atomic mass is 10.00. The number of hydrogen-bond acceptors (Lipinski definition) is 5. The van der Waals surface area contributed by atoms with Crippen LogP contribution in [0, 0.1) is 5.92 Å². The zero-order valence-electron chi connectivity index (χ0n) is 12.3. The Hall–Kier alpha value is -0.490. The van der Waals surface area contributed by atoms with Gasteiger partial charge in [0.25, 0.3) is 0 Å². The molecule has 2 fully saturated rings. The highest BCUT2D eigenvalue weighted by Gasteiger charge is 2.20. The number of nitrogens with one attached hydrogen (secondary N) is 1. The lowest BCUT2D eigenvalue weighted by Crippen LogP contribution is -2.29. The fourth-order valence-electron chi connectivity index (χ4n) is 2.73. The average Bonchev–Trinajstić information content (AvgIpc) is 3.18. The van der Waals surface area contributed by atoms with Crippen LogP contribution in [0.15, 0.2) is 5.38 Å². The molecular weight excluding hydrogens is 270 g/mol. The van der Waals surface area contributed by atoms with Gasteiger partial charge in [-0.05, 0) is 38.6 Å². The van der Waals surface area contributed by atoms with Crippen LogP contribution in [0.5, 0.6) is 0 Å². The van der Waals surface area contributed by atoms with Crippen LogP contribution in [0.2, 0.25) is 0 Å². The molecule has 0 amide bonds. The molecule has 1 aromatic rings. The van der Waals surface area contributed by atoms with Gasteiger partial charge in [0.05, 0.1) is 5.69 Å². The van der Waals surface area contributed by atoms with Gasteiger partial charge in [0.15, 0.2) is 0 Å². The minimum atomic E-state index is 0.763. The summed E-state index contributed by atoms with van der Waals surface area (Å²) in [6, 6.07) is 0.763. The van der Waals surface area contributed by atoms with Crippen LogP contribution in [0.4, 0.5) is 0 Å². The van der Waals surface area contributed by atoms with Crippen LogP contribution < -0.4 is 5.32 Å². The SMILES string of the molecule is CN(Cc1csc(CNC2CC2)n1)CC1CCOCC1. The highest BCUT2D eigenvalue weighted by molar-refractivity contribution is 7.09. The molecule has 0 bridgehead atoms. The molecule has 1 aliphatic heterocycles. The van der Waals surface area contributed by atoms with Crippen molar-refractivity contribution < 1.29 is 4.74 Å². The van der Waals surface area contributed by atoms with E-state index < -0.39 is 0 Å². The zero-order valence-corrected chi connectivity index (χ0v) is 13.1. The first-order chi connectivity index (χ1) is 9.79. The molecule has 3 rings (SSSR count). The second-order valence-electron chi connectivity index (χ2n) is 6.14. The predicted molar refractivity (Wildman–Crippen MR) is 81.9 cm³/mol. The molecule has 1 aromatic heterocycles. The summed E-state index contributed by atoms with van der Waals surface area (Å²) in [5, 5.41) is 6.97. The molecule has 0 radical (unpaired) electrons. The first-order valence-electron chi connectivity index (χ1n) is 7.72. The number of rotatable bonds is 7. The maximum Gasteiger partial charge on any atom is 0.107 e. The van der Waals surface area contributed by atoms with Crippen molar-refractivity contribution in [3.63, 3.8) is 0 Å². The molecule has 2 heterocycles. The Morgan fingerprint density at radius 1 is 1.35 bits per heavy atom. The molecule has 112 valence electrons. The van der Waals surface area contributed by atoms with Crippen molar-refractivity contribution in [2.75, 3.05) is 26.8 Å². The summed E-state index contributed by atoms with van der Waals surface area (Å²) in [5.41, 5.74) is 1.22. The van der Waals surface area contributed by atoms with Crippen LogP contribution in [0.25, 0.3) is 0 Å². The molecule has 1 saturated heterocycles. The number of ether oxygens (including phenoxy) is 1. The van der Waals surface area contributed by atoms with Crippen molar-refractivity contribution in [3.8, 4) is 0 Å². The van der Waals surface area contributed by atoms with Gasteiger partial charge in [-0.15, -0.1) is 11.3 Å². The first-order valence-corrected chi connectivity index (χ1v) is 8.60. The number of hydrogen-bond donors (Lipinski definition) is 1. The summed E-state index contributed by atoms with van der Waals surface area (Å²) >= 11 is 1.79. The maximum absolute atomic E-state index is 5.42. The van der Waals surface area contributed by atoms with E-state index in [1.165, 1.54) is 36.4 Å². The quantitative estimate of drug-likeness (QED) is 0.837. The minimum Gasteiger partial charge on any atom is -0.381 e. The maximum atomic E-state index is 5.42. The van der Waals surface area contributed by atoms with E-state index in [4.69, 9.17) is 9.72 Å². The molecule has 1 saturated carbocycles. The molecule has 20 heavy (non-hydrogen) atoms. The molecule has 0 aromatic carbocycles. The van der Waals surface area contributed by atoms with Gasteiger partial charge >= 0.3 is 0 Å². The molecule has 1 N–H and O–H groups in total. The summed E-state index contributed by atoms with van der Waals surface area (Å²) in [4.78, 5) is 7.14. The third-order valence-corrected chi connectivity index (χ3v) is 4.96. The largest absolute Gasteiger partial charge is 0.381 e. The van der Waals surface area contributed by atoms with E-state index in [0.717, 1.165) is 44.8 Å². The second kappa shape index (κ2) is 6.98. The number of thiazole rings is 1. The van der Waals surface area contributed by atoms with Crippen molar-refractivity contribution >= 4 is 11.3 Å². The van der Waals surface area contributed by atoms with E-state index in [9.17, 15) is 0 Å². The molecule has 0 atom stereocenters. The fraction of sp³-hybridized carbons (Fsp3) is 0.800. The van der Waals surface area contributed by atoms with Gasteiger partial charge < -0.3 is 15.0 Å². The number of nitrogens with zero attached hydrogens (tertiary/aromatic N) is 2. The highest BCUT2D eigenvalue weighted by Crippen LogP contribution is 2.20. The summed E-state index contributed by atoms with van der Waals surface area (Å²) in [5.74, 6) is 0.795. The topological polar surface area (TPSA) is 37.4 Å². The second-order valence-corrected chi connectivity index (χ2v) is 7.08. The van der Waals surface area contributed by atoms with Gasteiger partial charge in [-0.1, -0.05) is 0 Å². The summed E-state index contributed by atoms with van der Waals surface area (Å²) in [6.45, 7) is 4.95. The number of aromatic nitrogens is 1.